The Morgan fingerprint density at radius 2 is 2.31 bits per heavy atom. The van der Waals surface area contributed by atoms with Crippen LogP contribution in [0.3, 0.4) is 0 Å². The lowest BCUT2D eigenvalue weighted by atomic mass is 10.0. The molecule has 1 saturated carbocycles. The van der Waals surface area contributed by atoms with Crippen LogP contribution in [0, 0.1) is 12.8 Å². The van der Waals surface area contributed by atoms with E-state index in [0.29, 0.717) is 0 Å². The van der Waals surface area contributed by atoms with Crippen molar-refractivity contribution in [3.8, 4) is 5.75 Å². The van der Waals surface area contributed by atoms with Crippen LogP contribution in [0.5, 0.6) is 5.75 Å². The van der Waals surface area contributed by atoms with Gasteiger partial charge in [0.05, 0.1) is 0 Å². The number of rotatable bonds is 0. The molecule has 1 heterocycles. The summed E-state index contributed by atoms with van der Waals surface area (Å²) in [5.41, 5.74) is 2.92. The molecule has 1 aromatic rings. The summed E-state index contributed by atoms with van der Waals surface area (Å²) in [4.78, 5) is 0. The minimum Gasteiger partial charge on any atom is -0.487 e. The van der Waals surface area contributed by atoms with Crippen LogP contribution in [0.4, 0.5) is 0 Å². The van der Waals surface area contributed by atoms with E-state index in [4.69, 9.17) is 4.74 Å². The molecular weight excluding hydrogens is 160 g/mol. The van der Waals surface area contributed by atoms with E-state index in [1.54, 1.807) is 0 Å². The molecule has 0 saturated heterocycles. The lowest BCUT2D eigenvalue weighted by molar-refractivity contribution is 0.165. The highest BCUT2D eigenvalue weighted by Gasteiger charge is 2.55. The fraction of sp³-hybridized carbons (Fsp3) is 0.500. The molecule has 0 radical (unpaired) electrons. The molecule has 0 amide bonds. The molecule has 3 rings (SSSR count). The minimum absolute atomic E-state index is 0.183. The van der Waals surface area contributed by atoms with E-state index in [9.17, 15) is 0 Å². The summed E-state index contributed by atoms with van der Waals surface area (Å²) in [5, 5.41) is 0. The van der Waals surface area contributed by atoms with Gasteiger partial charge in [-0.25, -0.2) is 0 Å². The van der Waals surface area contributed by atoms with Gasteiger partial charge in [0.2, 0.25) is 0 Å². The maximum Gasteiger partial charge on any atom is 0.123 e. The average molecular weight is 174 g/mol. The van der Waals surface area contributed by atoms with Crippen molar-refractivity contribution in [3.63, 3.8) is 0 Å². The molecule has 13 heavy (non-hydrogen) atoms. The molecule has 0 N–H and O–H groups in total. The third-order valence-corrected chi connectivity index (χ3v) is 3.38. The Morgan fingerprint density at radius 1 is 1.46 bits per heavy atom. The standard InChI is InChI=1S/C12H14O/c1-8-3-4-11-9(5-8)6-10-7-12(10,2)13-11/h3-5,10H,6-7H2,1-2H3. The monoisotopic (exact) mass is 174 g/mol. The van der Waals surface area contributed by atoms with Gasteiger partial charge in [0, 0.05) is 5.92 Å². The summed E-state index contributed by atoms with van der Waals surface area (Å²) in [6, 6.07) is 6.50. The van der Waals surface area contributed by atoms with E-state index in [2.05, 4.69) is 32.0 Å². The van der Waals surface area contributed by atoms with Crippen LogP contribution in [0.1, 0.15) is 24.5 Å². The fourth-order valence-electron chi connectivity index (χ4n) is 2.33. The van der Waals surface area contributed by atoms with E-state index in [1.165, 1.54) is 24.0 Å². The smallest absolute Gasteiger partial charge is 0.123 e. The largest absolute Gasteiger partial charge is 0.487 e. The second-order valence-electron chi connectivity index (χ2n) is 4.63. The molecule has 68 valence electrons. The summed E-state index contributed by atoms with van der Waals surface area (Å²) >= 11 is 0. The fourth-order valence-corrected chi connectivity index (χ4v) is 2.33. The maximum atomic E-state index is 5.95. The van der Waals surface area contributed by atoms with E-state index < -0.39 is 0 Å². The number of fused-ring (bicyclic) bond motifs is 2. The molecule has 1 heteroatoms. The molecule has 0 aromatic heterocycles. The zero-order valence-electron chi connectivity index (χ0n) is 8.13. The highest BCUT2D eigenvalue weighted by atomic mass is 16.5. The van der Waals surface area contributed by atoms with Crippen molar-refractivity contribution in [3.05, 3.63) is 29.3 Å². The summed E-state index contributed by atoms with van der Waals surface area (Å²) in [6.07, 6.45) is 2.45. The number of benzene rings is 1. The normalized spacial score (nSPS) is 34.5. The minimum atomic E-state index is 0.183. The summed E-state index contributed by atoms with van der Waals surface area (Å²) in [7, 11) is 0. The summed E-state index contributed by atoms with van der Waals surface area (Å²) < 4.78 is 5.95. The zero-order chi connectivity index (χ0) is 9.05. The number of hydrogen-bond acceptors (Lipinski definition) is 1. The molecule has 2 atom stereocenters. The van der Waals surface area contributed by atoms with Crippen molar-refractivity contribution >= 4 is 0 Å². The van der Waals surface area contributed by atoms with Gasteiger partial charge in [-0.2, -0.15) is 0 Å². The quantitative estimate of drug-likeness (QED) is 0.587. The topological polar surface area (TPSA) is 9.23 Å². The second kappa shape index (κ2) is 2.09. The summed E-state index contributed by atoms with van der Waals surface area (Å²) in [6.45, 7) is 4.36. The highest BCUT2D eigenvalue weighted by Crippen LogP contribution is 2.53. The van der Waals surface area contributed by atoms with E-state index in [1.807, 2.05) is 0 Å². The van der Waals surface area contributed by atoms with Crippen LogP contribution in [0.25, 0.3) is 0 Å². The molecule has 0 spiro atoms. The molecule has 1 aliphatic carbocycles. The van der Waals surface area contributed by atoms with Gasteiger partial charge in [-0.05, 0) is 38.3 Å². The van der Waals surface area contributed by atoms with Crippen molar-refractivity contribution in [2.45, 2.75) is 32.3 Å². The van der Waals surface area contributed by atoms with Gasteiger partial charge in [0.1, 0.15) is 11.4 Å². The Balaban J connectivity index is 2.05. The average Bonchev–Trinajstić information content (AvgIpc) is 2.71. The lowest BCUT2D eigenvalue weighted by Gasteiger charge is -2.23. The van der Waals surface area contributed by atoms with Crippen LogP contribution in [-0.2, 0) is 6.42 Å². The molecule has 1 fully saturated rings. The van der Waals surface area contributed by atoms with Gasteiger partial charge in [-0.3, -0.25) is 0 Å². The van der Waals surface area contributed by atoms with Crippen molar-refractivity contribution < 1.29 is 4.74 Å². The molecule has 1 aliphatic heterocycles. The molecule has 2 aliphatic rings. The molecule has 2 unspecified atom stereocenters. The Kier molecular flexibility index (Phi) is 1.19. The Labute approximate surface area is 78.7 Å². The number of hydrogen-bond donors (Lipinski definition) is 0. The van der Waals surface area contributed by atoms with Crippen LogP contribution >= 0.6 is 0 Å². The lowest BCUT2D eigenvalue weighted by Crippen LogP contribution is -2.22. The van der Waals surface area contributed by atoms with Crippen LogP contribution in [-0.4, -0.2) is 5.60 Å². The van der Waals surface area contributed by atoms with E-state index in [-0.39, 0.29) is 5.60 Å². The van der Waals surface area contributed by atoms with Gasteiger partial charge in [0.15, 0.2) is 0 Å². The van der Waals surface area contributed by atoms with Gasteiger partial charge < -0.3 is 4.74 Å². The van der Waals surface area contributed by atoms with E-state index in [0.717, 1.165) is 11.7 Å². The third-order valence-electron chi connectivity index (χ3n) is 3.38. The van der Waals surface area contributed by atoms with Crippen molar-refractivity contribution in [1.82, 2.24) is 0 Å². The van der Waals surface area contributed by atoms with Gasteiger partial charge in [-0.1, -0.05) is 17.7 Å². The summed E-state index contributed by atoms with van der Waals surface area (Å²) in [5.74, 6) is 1.89. The molecular formula is C12H14O. The van der Waals surface area contributed by atoms with Gasteiger partial charge >= 0.3 is 0 Å². The van der Waals surface area contributed by atoms with Gasteiger partial charge in [-0.15, -0.1) is 0 Å². The Hall–Kier alpha value is -0.980. The number of aryl methyl sites for hydroxylation is 1. The van der Waals surface area contributed by atoms with Crippen LogP contribution in [0.2, 0.25) is 0 Å². The SMILES string of the molecule is Cc1ccc2c(c1)CC1CC1(C)O2. The van der Waals surface area contributed by atoms with Crippen molar-refractivity contribution in [1.29, 1.82) is 0 Å². The first-order valence-corrected chi connectivity index (χ1v) is 4.96. The predicted molar refractivity (Wildman–Crippen MR) is 52.0 cm³/mol. The van der Waals surface area contributed by atoms with Crippen LogP contribution < -0.4 is 4.74 Å². The Morgan fingerprint density at radius 3 is 3.15 bits per heavy atom. The van der Waals surface area contributed by atoms with Crippen molar-refractivity contribution in [2.75, 3.05) is 0 Å². The second-order valence-corrected chi connectivity index (χ2v) is 4.63. The highest BCUT2D eigenvalue weighted by molar-refractivity contribution is 5.41. The van der Waals surface area contributed by atoms with Crippen molar-refractivity contribution in [2.24, 2.45) is 5.92 Å². The first-order chi connectivity index (χ1) is 6.17. The first kappa shape index (κ1) is 7.43. The third kappa shape index (κ3) is 0.995. The number of ether oxygens (including phenoxy) is 1. The zero-order valence-corrected chi connectivity index (χ0v) is 8.13. The predicted octanol–water partition coefficient (Wildman–Crippen LogP) is 2.71. The molecule has 1 nitrogen and oxygen atoms in total. The first-order valence-electron chi connectivity index (χ1n) is 4.96. The van der Waals surface area contributed by atoms with Gasteiger partial charge in [0.25, 0.3) is 0 Å². The molecule has 0 bridgehead atoms. The Bertz CT molecular complexity index is 369. The maximum absolute atomic E-state index is 5.95. The van der Waals surface area contributed by atoms with E-state index >= 15 is 0 Å². The van der Waals surface area contributed by atoms with Crippen LogP contribution in [0.15, 0.2) is 18.2 Å². The molecule has 1 aromatic carbocycles.